The molecule has 7 heteroatoms. The summed E-state index contributed by atoms with van der Waals surface area (Å²) in [4.78, 5) is 19.6. The Morgan fingerprint density at radius 2 is 2.04 bits per heavy atom. The maximum Gasteiger partial charge on any atom is 0.316 e. The first-order chi connectivity index (χ1) is 13.6. The van der Waals surface area contributed by atoms with Crippen LogP contribution in [0.5, 0.6) is 6.01 Å². The smallest absolute Gasteiger partial charge is 0.316 e. The molecule has 3 aromatic rings. The van der Waals surface area contributed by atoms with Crippen LogP contribution in [-0.4, -0.2) is 27.7 Å². The number of rotatable bonds is 9. The number of aliphatic carboxylic acids is 1. The zero-order valence-corrected chi connectivity index (χ0v) is 15.9. The molecule has 0 aliphatic heterocycles. The number of anilines is 2. The molecule has 1 atom stereocenters. The third kappa shape index (κ3) is 4.68. The summed E-state index contributed by atoms with van der Waals surface area (Å²) >= 11 is 0. The first-order valence-electron chi connectivity index (χ1n) is 9.20. The summed E-state index contributed by atoms with van der Waals surface area (Å²) in [6, 6.07) is 8.13. The Morgan fingerprint density at radius 3 is 2.64 bits per heavy atom. The van der Waals surface area contributed by atoms with Crippen molar-refractivity contribution in [3.63, 3.8) is 0 Å². The molecule has 0 saturated heterocycles. The number of nitrogens with zero attached hydrogens (tertiary/aromatic N) is 2. The van der Waals surface area contributed by atoms with Gasteiger partial charge in [0.2, 0.25) is 0 Å². The largest absolute Gasteiger partial charge is 0.481 e. The van der Waals surface area contributed by atoms with Gasteiger partial charge in [-0.1, -0.05) is 19.1 Å². The third-order valence-corrected chi connectivity index (χ3v) is 4.44. The number of hydrogen-bond acceptors (Lipinski definition) is 6. The van der Waals surface area contributed by atoms with Gasteiger partial charge in [-0.2, -0.15) is 0 Å². The zero-order valence-electron chi connectivity index (χ0n) is 15.9. The predicted octanol–water partition coefficient (Wildman–Crippen LogP) is 4.85. The van der Waals surface area contributed by atoms with Crippen LogP contribution in [0, 0.1) is 0 Å². The van der Waals surface area contributed by atoms with Gasteiger partial charge in [0, 0.05) is 16.8 Å². The number of carboxylic acid groups (broad SMARTS) is 1. The van der Waals surface area contributed by atoms with E-state index in [9.17, 15) is 9.90 Å². The summed E-state index contributed by atoms with van der Waals surface area (Å²) in [5.74, 6) is -0.867. The van der Waals surface area contributed by atoms with E-state index in [0.29, 0.717) is 18.3 Å². The van der Waals surface area contributed by atoms with Gasteiger partial charge in [0.15, 0.2) is 0 Å². The van der Waals surface area contributed by atoms with Crippen LogP contribution in [0.25, 0.3) is 11.1 Å². The van der Waals surface area contributed by atoms with Crippen LogP contribution >= 0.6 is 0 Å². The molecule has 1 unspecified atom stereocenters. The van der Waals surface area contributed by atoms with Gasteiger partial charge in [0.1, 0.15) is 0 Å². The Bertz CT molecular complexity index is 908. The van der Waals surface area contributed by atoms with Crippen molar-refractivity contribution < 1.29 is 19.1 Å². The van der Waals surface area contributed by atoms with E-state index in [1.807, 2.05) is 38.1 Å². The molecule has 0 aliphatic rings. The molecule has 0 spiro atoms. The Kier molecular flexibility index (Phi) is 6.26. The molecule has 2 N–H and O–H groups in total. The van der Waals surface area contributed by atoms with Gasteiger partial charge in [0.05, 0.1) is 43.6 Å². The maximum absolute atomic E-state index is 11.2. The normalized spacial score (nSPS) is 11.8. The van der Waals surface area contributed by atoms with E-state index in [0.717, 1.165) is 28.8 Å². The quantitative estimate of drug-likeness (QED) is 0.547. The first-order valence-corrected chi connectivity index (χ1v) is 9.20. The lowest BCUT2D eigenvalue weighted by molar-refractivity contribution is -0.137. The van der Waals surface area contributed by atoms with Crippen molar-refractivity contribution in [2.75, 3.05) is 11.9 Å². The third-order valence-electron chi connectivity index (χ3n) is 4.44. The average Bonchev–Trinajstić information content (AvgIpc) is 3.22. The van der Waals surface area contributed by atoms with Crippen molar-refractivity contribution in [3.05, 3.63) is 54.7 Å². The van der Waals surface area contributed by atoms with E-state index in [-0.39, 0.29) is 12.3 Å². The number of ether oxygens (including phenoxy) is 1. The second-order valence-corrected chi connectivity index (χ2v) is 6.33. The van der Waals surface area contributed by atoms with Gasteiger partial charge in [-0.3, -0.25) is 4.79 Å². The van der Waals surface area contributed by atoms with Crippen LogP contribution in [0.4, 0.5) is 11.4 Å². The van der Waals surface area contributed by atoms with Crippen LogP contribution in [0.1, 0.15) is 38.2 Å². The number of benzene rings is 1. The standard InChI is InChI=1S/C21H23N3O4/c1-3-14(10-20(25)26)15-5-6-18(16-7-8-27-13-16)19(9-15)24-17-11-22-21(23-12-17)28-4-2/h5-9,11-14,24H,3-4,10H2,1-2H3,(H,25,26). The number of hydrogen-bond donors (Lipinski definition) is 2. The fourth-order valence-corrected chi connectivity index (χ4v) is 3.04. The molecule has 0 amide bonds. The van der Waals surface area contributed by atoms with Crippen molar-refractivity contribution in [2.24, 2.45) is 0 Å². The van der Waals surface area contributed by atoms with Crippen molar-refractivity contribution in [1.82, 2.24) is 9.97 Å². The minimum atomic E-state index is -0.805. The Labute approximate surface area is 163 Å². The second kappa shape index (κ2) is 9.03. The van der Waals surface area contributed by atoms with Crippen molar-refractivity contribution in [1.29, 1.82) is 0 Å². The predicted molar refractivity (Wildman–Crippen MR) is 106 cm³/mol. The van der Waals surface area contributed by atoms with Crippen molar-refractivity contribution in [3.8, 4) is 17.1 Å². The maximum atomic E-state index is 11.2. The summed E-state index contributed by atoms with van der Waals surface area (Å²) in [6.07, 6.45) is 7.42. The highest BCUT2D eigenvalue weighted by molar-refractivity contribution is 5.81. The number of furan rings is 1. The number of carbonyl (C=O) groups is 1. The minimum absolute atomic E-state index is 0.0620. The SMILES string of the molecule is CCOc1ncc(Nc2cc(C(CC)CC(=O)O)ccc2-c2ccoc2)cn1. The highest BCUT2D eigenvalue weighted by Crippen LogP contribution is 2.35. The van der Waals surface area contributed by atoms with Gasteiger partial charge in [-0.05, 0) is 37.0 Å². The van der Waals surface area contributed by atoms with E-state index in [2.05, 4.69) is 15.3 Å². The highest BCUT2D eigenvalue weighted by atomic mass is 16.5. The summed E-state index contributed by atoms with van der Waals surface area (Å²) in [5, 5.41) is 12.5. The molecular formula is C21H23N3O4. The lowest BCUT2D eigenvalue weighted by atomic mass is 9.91. The van der Waals surface area contributed by atoms with Gasteiger partial charge in [-0.15, -0.1) is 0 Å². The lowest BCUT2D eigenvalue weighted by Gasteiger charge is -2.17. The molecule has 3 rings (SSSR count). The first kappa shape index (κ1) is 19.4. The van der Waals surface area contributed by atoms with Crippen LogP contribution in [-0.2, 0) is 4.79 Å². The molecule has 146 valence electrons. The number of carboxylic acids is 1. The molecule has 0 fully saturated rings. The summed E-state index contributed by atoms with van der Waals surface area (Å²) in [7, 11) is 0. The topological polar surface area (TPSA) is 97.5 Å². The average molecular weight is 381 g/mol. The summed E-state index contributed by atoms with van der Waals surface area (Å²) in [6.45, 7) is 4.37. The molecule has 2 heterocycles. The monoisotopic (exact) mass is 381 g/mol. The molecule has 28 heavy (non-hydrogen) atoms. The fraction of sp³-hybridized carbons (Fsp3) is 0.286. The Balaban J connectivity index is 1.95. The van der Waals surface area contributed by atoms with Crippen LogP contribution in [0.2, 0.25) is 0 Å². The van der Waals surface area contributed by atoms with E-state index in [1.54, 1.807) is 24.9 Å². The molecule has 0 saturated carbocycles. The van der Waals surface area contributed by atoms with Crippen molar-refractivity contribution >= 4 is 17.3 Å². The molecular weight excluding hydrogens is 358 g/mol. The van der Waals surface area contributed by atoms with Crippen LogP contribution < -0.4 is 10.1 Å². The van der Waals surface area contributed by atoms with Gasteiger partial charge in [0.25, 0.3) is 0 Å². The molecule has 7 nitrogen and oxygen atoms in total. The fourth-order valence-electron chi connectivity index (χ4n) is 3.04. The van der Waals surface area contributed by atoms with E-state index in [1.165, 1.54) is 0 Å². The van der Waals surface area contributed by atoms with E-state index < -0.39 is 5.97 Å². The van der Waals surface area contributed by atoms with Crippen LogP contribution in [0.3, 0.4) is 0 Å². The highest BCUT2D eigenvalue weighted by Gasteiger charge is 2.16. The second-order valence-electron chi connectivity index (χ2n) is 6.33. The molecule has 0 bridgehead atoms. The minimum Gasteiger partial charge on any atom is -0.481 e. The van der Waals surface area contributed by atoms with E-state index in [4.69, 9.17) is 9.15 Å². The number of aromatic nitrogens is 2. The zero-order chi connectivity index (χ0) is 19.9. The van der Waals surface area contributed by atoms with Gasteiger partial charge >= 0.3 is 12.0 Å². The molecule has 1 aromatic carbocycles. The lowest BCUT2D eigenvalue weighted by Crippen LogP contribution is -2.06. The number of nitrogens with one attached hydrogen (secondary N) is 1. The summed E-state index contributed by atoms with van der Waals surface area (Å²) < 4.78 is 10.5. The molecule has 0 radical (unpaired) electrons. The van der Waals surface area contributed by atoms with Crippen LogP contribution in [0.15, 0.2) is 53.6 Å². The van der Waals surface area contributed by atoms with Gasteiger partial charge < -0.3 is 19.6 Å². The Hall–Kier alpha value is -3.35. The van der Waals surface area contributed by atoms with Crippen molar-refractivity contribution in [2.45, 2.75) is 32.6 Å². The molecule has 2 aromatic heterocycles. The van der Waals surface area contributed by atoms with Gasteiger partial charge in [-0.25, -0.2) is 9.97 Å². The Morgan fingerprint density at radius 1 is 1.25 bits per heavy atom. The summed E-state index contributed by atoms with van der Waals surface area (Å²) in [5.41, 5.74) is 4.36. The molecule has 0 aliphatic carbocycles. The van der Waals surface area contributed by atoms with E-state index >= 15 is 0 Å².